The number of hydrogen-bond donors (Lipinski definition) is 1. The number of carbonyl (C=O) groups is 1. The van der Waals surface area contributed by atoms with E-state index in [0.29, 0.717) is 0 Å². The van der Waals surface area contributed by atoms with Gasteiger partial charge in [0, 0.05) is 6.08 Å². The fraction of sp³-hybridized carbons (Fsp3) is 0.783. The summed E-state index contributed by atoms with van der Waals surface area (Å²) in [5, 5.41) is 8.44. The number of rotatable bonds is 19. The molecular weight excluding hydrogens is 308 g/mol. The lowest BCUT2D eigenvalue weighted by molar-refractivity contribution is -0.131. The van der Waals surface area contributed by atoms with E-state index in [9.17, 15) is 4.79 Å². The third-order valence-electron chi connectivity index (χ3n) is 4.71. The SMILES string of the molecule is CCCCCCCCCCCCCCCCCC/C=C/C=C/C(=O)O. The smallest absolute Gasteiger partial charge is 0.328 e. The Balaban J connectivity index is 3.08. The Kier molecular flexibility index (Phi) is 20.1. The van der Waals surface area contributed by atoms with E-state index in [4.69, 9.17) is 5.11 Å². The molecule has 0 aromatic heterocycles. The van der Waals surface area contributed by atoms with Gasteiger partial charge in [-0.1, -0.05) is 121 Å². The van der Waals surface area contributed by atoms with Crippen molar-refractivity contribution in [1.82, 2.24) is 0 Å². The van der Waals surface area contributed by atoms with E-state index in [0.717, 1.165) is 6.42 Å². The predicted molar refractivity (Wildman–Crippen MR) is 110 cm³/mol. The van der Waals surface area contributed by atoms with Crippen LogP contribution in [0.2, 0.25) is 0 Å². The van der Waals surface area contributed by atoms with Gasteiger partial charge in [-0.2, -0.15) is 0 Å². The highest BCUT2D eigenvalue weighted by atomic mass is 16.4. The fourth-order valence-corrected chi connectivity index (χ4v) is 3.12. The van der Waals surface area contributed by atoms with Crippen molar-refractivity contribution in [2.24, 2.45) is 0 Å². The Hall–Kier alpha value is -1.05. The van der Waals surface area contributed by atoms with Crippen molar-refractivity contribution in [3.8, 4) is 0 Å². The molecule has 0 aromatic carbocycles. The number of carboxylic acids is 1. The van der Waals surface area contributed by atoms with Gasteiger partial charge < -0.3 is 5.11 Å². The van der Waals surface area contributed by atoms with E-state index < -0.39 is 5.97 Å². The topological polar surface area (TPSA) is 37.3 Å². The molecule has 0 bridgehead atoms. The molecule has 0 aliphatic heterocycles. The number of aliphatic carboxylic acids is 1. The van der Waals surface area contributed by atoms with E-state index in [2.05, 4.69) is 13.0 Å². The molecule has 0 saturated carbocycles. The molecule has 0 aliphatic rings. The first-order chi connectivity index (χ1) is 12.3. The average Bonchev–Trinajstić information content (AvgIpc) is 2.60. The minimum atomic E-state index is -0.882. The highest BCUT2D eigenvalue weighted by Gasteiger charge is 1.94. The molecule has 0 aromatic rings. The first-order valence-electron chi connectivity index (χ1n) is 10.8. The van der Waals surface area contributed by atoms with Crippen LogP contribution >= 0.6 is 0 Å². The monoisotopic (exact) mass is 350 g/mol. The summed E-state index contributed by atoms with van der Waals surface area (Å²) in [5.74, 6) is -0.882. The van der Waals surface area contributed by atoms with Crippen LogP contribution < -0.4 is 0 Å². The minimum absolute atomic E-state index is 0.882. The molecule has 25 heavy (non-hydrogen) atoms. The Morgan fingerprint density at radius 2 is 1.04 bits per heavy atom. The van der Waals surface area contributed by atoms with Crippen molar-refractivity contribution in [3.05, 3.63) is 24.3 Å². The maximum absolute atomic E-state index is 10.3. The number of allylic oxidation sites excluding steroid dienone is 3. The maximum atomic E-state index is 10.3. The van der Waals surface area contributed by atoms with Crippen molar-refractivity contribution < 1.29 is 9.90 Å². The summed E-state index contributed by atoms with van der Waals surface area (Å²) in [5.41, 5.74) is 0. The lowest BCUT2D eigenvalue weighted by Gasteiger charge is -2.03. The average molecular weight is 351 g/mol. The summed E-state index contributed by atoms with van der Waals surface area (Å²) >= 11 is 0. The summed E-state index contributed by atoms with van der Waals surface area (Å²) in [6, 6.07) is 0. The van der Waals surface area contributed by atoms with E-state index >= 15 is 0 Å². The van der Waals surface area contributed by atoms with Gasteiger partial charge >= 0.3 is 5.97 Å². The number of unbranched alkanes of at least 4 members (excludes halogenated alkanes) is 16. The minimum Gasteiger partial charge on any atom is -0.478 e. The zero-order valence-electron chi connectivity index (χ0n) is 16.7. The quantitative estimate of drug-likeness (QED) is 0.146. The second-order valence-corrected chi connectivity index (χ2v) is 7.22. The van der Waals surface area contributed by atoms with Crippen LogP contribution in [0, 0.1) is 0 Å². The molecule has 0 saturated heterocycles. The molecule has 0 aliphatic carbocycles. The molecule has 0 atom stereocenters. The summed E-state index contributed by atoms with van der Waals surface area (Å²) in [6.45, 7) is 2.28. The lowest BCUT2D eigenvalue weighted by atomic mass is 10.0. The van der Waals surface area contributed by atoms with Crippen molar-refractivity contribution in [1.29, 1.82) is 0 Å². The van der Waals surface area contributed by atoms with Crippen LogP contribution in [-0.4, -0.2) is 11.1 Å². The van der Waals surface area contributed by atoms with Gasteiger partial charge in [-0.25, -0.2) is 4.79 Å². The van der Waals surface area contributed by atoms with Crippen LogP contribution in [0.5, 0.6) is 0 Å². The number of hydrogen-bond acceptors (Lipinski definition) is 1. The van der Waals surface area contributed by atoms with Crippen molar-refractivity contribution in [3.63, 3.8) is 0 Å². The fourth-order valence-electron chi connectivity index (χ4n) is 3.12. The van der Waals surface area contributed by atoms with E-state index in [1.807, 2.05) is 6.08 Å². The van der Waals surface area contributed by atoms with E-state index in [1.54, 1.807) is 6.08 Å². The standard InChI is InChI=1S/C23H42O2/c1-2-3-4-5-6-7-8-9-10-11-12-13-14-15-16-17-18-19-20-21-22-23(24)25/h19-22H,2-18H2,1H3,(H,24,25)/b20-19+,22-21+. The molecule has 2 nitrogen and oxygen atoms in total. The molecule has 0 fully saturated rings. The van der Waals surface area contributed by atoms with Crippen LogP contribution in [0.4, 0.5) is 0 Å². The second kappa shape index (κ2) is 21.0. The van der Waals surface area contributed by atoms with Crippen LogP contribution in [-0.2, 0) is 4.79 Å². The summed E-state index contributed by atoms with van der Waals surface area (Å²) in [6.07, 6.45) is 30.1. The molecule has 0 amide bonds. The van der Waals surface area contributed by atoms with Gasteiger partial charge in [-0.15, -0.1) is 0 Å². The summed E-state index contributed by atoms with van der Waals surface area (Å²) < 4.78 is 0. The van der Waals surface area contributed by atoms with Crippen LogP contribution in [0.25, 0.3) is 0 Å². The highest BCUT2D eigenvalue weighted by molar-refractivity contribution is 5.80. The molecule has 0 unspecified atom stereocenters. The third-order valence-corrected chi connectivity index (χ3v) is 4.71. The zero-order chi connectivity index (χ0) is 18.4. The lowest BCUT2D eigenvalue weighted by Crippen LogP contribution is -1.84. The maximum Gasteiger partial charge on any atom is 0.328 e. The van der Waals surface area contributed by atoms with Crippen molar-refractivity contribution >= 4 is 5.97 Å². The zero-order valence-corrected chi connectivity index (χ0v) is 16.7. The normalized spacial score (nSPS) is 11.7. The molecular formula is C23H42O2. The molecule has 2 heteroatoms. The third kappa shape index (κ3) is 22.9. The van der Waals surface area contributed by atoms with Gasteiger partial charge in [0.25, 0.3) is 0 Å². The molecule has 1 N–H and O–H groups in total. The first kappa shape index (κ1) is 23.9. The summed E-state index contributed by atoms with van der Waals surface area (Å²) in [7, 11) is 0. The largest absolute Gasteiger partial charge is 0.478 e. The predicted octanol–water partition coefficient (Wildman–Crippen LogP) is 7.84. The van der Waals surface area contributed by atoms with Gasteiger partial charge in [-0.05, 0) is 12.8 Å². The van der Waals surface area contributed by atoms with Crippen LogP contribution in [0.1, 0.15) is 116 Å². The summed E-state index contributed by atoms with van der Waals surface area (Å²) in [4.78, 5) is 10.3. The van der Waals surface area contributed by atoms with E-state index in [-0.39, 0.29) is 0 Å². The van der Waals surface area contributed by atoms with E-state index in [1.165, 1.54) is 109 Å². The van der Waals surface area contributed by atoms with Gasteiger partial charge in [-0.3, -0.25) is 0 Å². The Morgan fingerprint density at radius 3 is 1.44 bits per heavy atom. The van der Waals surface area contributed by atoms with Crippen molar-refractivity contribution in [2.75, 3.05) is 0 Å². The molecule has 0 spiro atoms. The number of carboxylic acid groups (broad SMARTS) is 1. The van der Waals surface area contributed by atoms with Crippen LogP contribution in [0.15, 0.2) is 24.3 Å². The highest BCUT2D eigenvalue weighted by Crippen LogP contribution is 2.14. The Labute approximate surface area is 156 Å². The second-order valence-electron chi connectivity index (χ2n) is 7.22. The van der Waals surface area contributed by atoms with Gasteiger partial charge in [0.2, 0.25) is 0 Å². The molecule has 146 valence electrons. The molecule has 0 heterocycles. The first-order valence-corrected chi connectivity index (χ1v) is 10.8. The van der Waals surface area contributed by atoms with Gasteiger partial charge in [0.1, 0.15) is 0 Å². The van der Waals surface area contributed by atoms with Crippen LogP contribution in [0.3, 0.4) is 0 Å². The van der Waals surface area contributed by atoms with Gasteiger partial charge in [0.15, 0.2) is 0 Å². The molecule has 0 radical (unpaired) electrons. The molecule has 0 rings (SSSR count). The van der Waals surface area contributed by atoms with Crippen molar-refractivity contribution in [2.45, 2.75) is 116 Å². The Morgan fingerprint density at radius 1 is 0.640 bits per heavy atom. The van der Waals surface area contributed by atoms with Gasteiger partial charge in [0.05, 0.1) is 0 Å². The Bertz CT molecular complexity index is 331.